The second kappa shape index (κ2) is 9.12. The van der Waals surface area contributed by atoms with Gasteiger partial charge in [0.15, 0.2) is 0 Å². The lowest BCUT2D eigenvalue weighted by Gasteiger charge is -2.29. The first kappa shape index (κ1) is 20.8. The summed E-state index contributed by atoms with van der Waals surface area (Å²) in [5, 5.41) is 5.48. The molecule has 1 heterocycles. The molecule has 1 aliphatic carbocycles. The van der Waals surface area contributed by atoms with Crippen LogP contribution in [0.25, 0.3) is 0 Å². The molecule has 2 aromatic carbocycles. The third kappa shape index (κ3) is 4.35. The number of fused-ring (bicyclic) bond motifs is 1. The van der Waals surface area contributed by atoms with E-state index in [1.165, 1.54) is 11.0 Å². The number of imide groups is 1. The van der Waals surface area contributed by atoms with Crippen LogP contribution >= 0.6 is 0 Å². The summed E-state index contributed by atoms with van der Waals surface area (Å²) in [6.07, 6.45) is 4.86. The first-order chi connectivity index (χ1) is 15.1. The molecule has 0 radical (unpaired) electrons. The van der Waals surface area contributed by atoms with Crippen LogP contribution in [0.15, 0.2) is 48.5 Å². The van der Waals surface area contributed by atoms with Crippen molar-refractivity contribution in [3.05, 3.63) is 70.8 Å². The third-order valence-corrected chi connectivity index (χ3v) is 5.85. The molecule has 2 N–H and O–H groups in total. The molecule has 0 saturated heterocycles. The van der Waals surface area contributed by atoms with E-state index in [4.69, 9.17) is 0 Å². The number of nitrogens with zero attached hydrogens (tertiary/aromatic N) is 1. The van der Waals surface area contributed by atoms with Crippen molar-refractivity contribution < 1.29 is 19.2 Å². The van der Waals surface area contributed by atoms with Gasteiger partial charge < -0.3 is 10.6 Å². The van der Waals surface area contributed by atoms with Crippen molar-refractivity contribution in [1.82, 2.24) is 15.5 Å². The van der Waals surface area contributed by atoms with E-state index < -0.39 is 0 Å². The van der Waals surface area contributed by atoms with Crippen LogP contribution in [-0.2, 0) is 0 Å². The number of benzene rings is 2. The van der Waals surface area contributed by atoms with E-state index in [-0.39, 0.29) is 42.8 Å². The topological polar surface area (TPSA) is 95.6 Å². The quantitative estimate of drug-likeness (QED) is 0.556. The van der Waals surface area contributed by atoms with Crippen LogP contribution in [0.4, 0.5) is 0 Å². The Hall–Kier alpha value is -3.48. The summed E-state index contributed by atoms with van der Waals surface area (Å²) >= 11 is 0. The zero-order valence-corrected chi connectivity index (χ0v) is 17.2. The minimum atomic E-state index is -0.354. The minimum absolute atomic E-state index is 0.0494. The predicted octanol–water partition coefficient (Wildman–Crippen LogP) is 2.78. The molecule has 1 saturated carbocycles. The van der Waals surface area contributed by atoms with E-state index in [0.717, 1.165) is 32.1 Å². The number of hydrogen-bond donors (Lipinski definition) is 2. The lowest BCUT2D eigenvalue weighted by Crippen LogP contribution is -2.40. The summed E-state index contributed by atoms with van der Waals surface area (Å²) in [7, 11) is 0. The van der Waals surface area contributed by atoms with Gasteiger partial charge in [0.1, 0.15) is 0 Å². The Morgan fingerprint density at radius 1 is 0.774 bits per heavy atom. The molecule has 0 aromatic heterocycles. The van der Waals surface area contributed by atoms with Gasteiger partial charge >= 0.3 is 0 Å². The summed E-state index contributed by atoms with van der Waals surface area (Å²) in [6, 6.07) is 13.4. The van der Waals surface area contributed by atoms with Gasteiger partial charge in [-0.3, -0.25) is 24.1 Å². The monoisotopic (exact) mass is 419 g/mol. The summed E-state index contributed by atoms with van der Waals surface area (Å²) in [5.41, 5.74) is 1.53. The molecule has 2 aliphatic rings. The Kier molecular flexibility index (Phi) is 6.11. The van der Waals surface area contributed by atoms with Crippen LogP contribution in [0, 0.1) is 0 Å². The van der Waals surface area contributed by atoms with Gasteiger partial charge in [0.25, 0.3) is 23.6 Å². The fourth-order valence-corrected chi connectivity index (χ4v) is 4.22. The zero-order chi connectivity index (χ0) is 21.8. The van der Waals surface area contributed by atoms with Gasteiger partial charge in [0, 0.05) is 30.3 Å². The van der Waals surface area contributed by atoms with Crippen molar-refractivity contribution in [1.29, 1.82) is 0 Å². The highest BCUT2D eigenvalue weighted by Gasteiger charge is 2.40. The van der Waals surface area contributed by atoms with Crippen LogP contribution in [0.1, 0.15) is 73.5 Å². The largest absolute Gasteiger partial charge is 0.350 e. The number of carbonyl (C=O) groups excluding carboxylic acids is 4. The van der Waals surface area contributed by atoms with Gasteiger partial charge in [0.2, 0.25) is 0 Å². The summed E-state index contributed by atoms with van der Waals surface area (Å²) < 4.78 is 0. The molecular weight excluding hydrogens is 394 g/mol. The minimum Gasteiger partial charge on any atom is -0.350 e. The highest BCUT2D eigenvalue weighted by molar-refractivity contribution is 6.22. The summed E-state index contributed by atoms with van der Waals surface area (Å²) in [4.78, 5) is 51.5. The second-order valence-corrected chi connectivity index (χ2v) is 7.91. The zero-order valence-electron chi connectivity index (χ0n) is 17.2. The molecule has 31 heavy (non-hydrogen) atoms. The maximum absolute atomic E-state index is 12.9. The Morgan fingerprint density at radius 2 is 1.39 bits per heavy atom. The van der Waals surface area contributed by atoms with E-state index in [1.807, 2.05) is 6.07 Å². The lowest BCUT2D eigenvalue weighted by molar-refractivity contribution is 0.0548. The summed E-state index contributed by atoms with van der Waals surface area (Å²) in [5.74, 6) is -1.13. The molecule has 1 aliphatic heterocycles. The molecule has 0 atom stereocenters. The first-order valence-electron chi connectivity index (χ1n) is 10.7. The van der Waals surface area contributed by atoms with Gasteiger partial charge in [-0.05, 0) is 43.2 Å². The van der Waals surface area contributed by atoms with Gasteiger partial charge in [0.05, 0.1) is 11.1 Å². The number of rotatable bonds is 6. The molecule has 7 nitrogen and oxygen atoms in total. The fourth-order valence-electron chi connectivity index (χ4n) is 4.22. The number of hydrogen-bond acceptors (Lipinski definition) is 4. The molecule has 160 valence electrons. The van der Waals surface area contributed by atoms with Crippen molar-refractivity contribution in [3.8, 4) is 0 Å². The van der Waals surface area contributed by atoms with Crippen LogP contribution < -0.4 is 10.6 Å². The van der Waals surface area contributed by atoms with Crippen molar-refractivity contribution in [2.45, 2.75) is 38.1 Å². The standard InChI is InChI=1S/C24H25N3O4/c28-21(16-7-3-1-4-8-16)25-13-14-26-22(29)17-11-12-19-20(15-17)24(31)27(23(19)30)18-9-5-2-6-10-18/h1,3-4,7-8,11-12,15,18H,2,5-6,9-10,13-14H2,(H,25,28)(H,26,29). The number of carbonyl (C=O) groups is 4. The van der Waals surface area contributed by atoms with Gasteiger partial charge in [-0.25, -0.2) is 0 Å². The molecule has 7 heteroatoms. The van der Waals surface area contributed by atoms with E-state index in [9.17, 15) is 19.2 Å². The molecule has 4 amide bonds. The molecule has 0 spiro atoms. The Morgan fingerprint density at radius 3 is 2.06 bits per heavy atom. The van der Waals surface area contributed by atoms with Crippen LogP contribution in [0.3, 0.4) is 0 Å². The van der Waals surface area contributed by atoms with Crippen molar-refractivity contribution in [2.75, 3.05) is 13.1 Å². The van der Waals surface area contributed by atoms with Crippen LogP contribution in [0.2, 0.25) is 0 Å². The van der Waals surface area contributed by atoms with Crippen molar-refractivity contribution >= 4 is 23.6 Å². The van der Waals surface area contributed by atoms with E-state index in [2.05, 4.69) is 10.6 Å². The molecular formula is C24H25N3O4. The van der Waals surface area contributed by atoms with E-state index in [0.29, 0.717) is 22.3 Å². The SMILES string of the molecule is O=C(NCCNC(=O)c1ccc2c(c1)C(=O)N(C1CCCCC1)C2=O)c1ccccc1. The average molecular weight is 419 g/mol. The lowest BCUT2D eigenvalue weighted by atomic mass is 9.94. The number of nitrogens with one attached hydrogen (secondary N) is 2. The molecule has 0 bridgehead atoms. The van der Waals surface area contributed by atoms with Gasteiger partial charge in [-0.2, -0.15) is 0 Å². The fraction of sp³-hybridized carbons (Fsp3) is 0.333. The van der Waals surface area contributed by atoms with Gasteiger partial charge in [-0.1, -0.05) is 37.5 Å². The summed E-state index contributed by atoms with van der Waals surface area (Å²) in [6.45, 7) is 0.521. The first-order valence-corrected chi connectivity index (χ1v) is 10.7. The van der Waals surface area contributed by atoms with Crippen molar-refractivity contribution in [2.24, 2.45) is 0 Å². The number of amides is 4. The normalized spacial score (nSPS) is 16.2. The average Bonchev–Trinajstić information content (AvgIpc) is 3.07. The van der Waals surface area contributed by atoms with Gasteiger partial charge in [-0.15, -0.1) is 0 Å². The highest BCUT2D eigenvalue weighted by atomic mass is 16.2. The second-order valence-electron chi connectivity index (χ2n) is 7.91. The molecule has 4 rings (SSSR count). The smallest absolute Gasteiger partial charge is 0.261 e. The van der Waals surface area contributed by atoms with E-state index in [1.54, 1.807) is 36.4 Å². The Balaban J connectivity index is 1.34. The highest BCUT2D eigenvalue weighted by Crippen LogP contribution is 2.31. The van der Waals surface area contributed by atoms with Crippen LogP contribution in [-0.4, -0.2) is 47.7 Å². The third-order valence-electron chi connectivity index (χ3n) is 5.85. The predicted molar refractivity (Wildman–Crippen MR) is 115 cm³/mol. The molecule has 0 unspecified atom stereocenters. The Labute approximate surface area is 180 Å². The van der Waals surface area contributed by atoms with Crippen molar-refractivity contribution in [3.63, 3.8) is 0 Å². The maximum atomic E-state index is 12.9. The maximum Gasteiger partial charge on any atom is 0.261 e. The van der Waals surface area contributed by atoms with Crippen LogP contribution in [0.5, 0.6) is 0 Å². The Bertz CT molecular complexity index is 1010. The van der Waals surface area contributed by atoms with E-state index >= 15 is 0 Å². The molecule has 1 fully saturated rings. The molecule has 2 aromatic rings.